The molecule has 3 aliphatic heterocycles. The van der Waals surface area contributed by atoms with Crippen molar-refractivity contribution < 1.29 is 24.9 Å². The fourth-order valence-corrected chi connectivity index (χ4v) is 3.11. The lowest BCUT2D eigenvalue weighted by Gasteiger charge is -2.30. The van der Waals surface area contributed by atoms with Crippen LogP contribution in [0.15, 0.2) is 0 Å². The van der Waals surface area contributed by atoms with Crippen molar-refractivity contribution >= 4 is 11.9 Å². The van der Waals surface area contributed by atoms with Gasteiger partial charge in [0.05, 0.1) is 6.04 Å². The summed E-state index contributed by atoms with van der Waals surface area (Å²) in [7, 11) is 0. The van der Waals surface area contributed by atoms with Crippen molar-refractivity contribution in [2.45, 2.75) is 37.4 Å². The third-order valence-electron chi connectivity index (χ3n) is 4.15. The van der Waals surface area contributed by atoms with Crippen molar-refractivity contribution in [2.75, 3.05) is 19.6 Å². The lowest BCUT2D eigenvalue weighted by atomic mass is 10.00. The van der Waals surface area contributed by atoms with Gasteiger partial charge in [-0.05, 0) is 30.8 Å². The number of amides is 3. The zero-order valence-corrected chi connectivity index (χ0v) is 10.9. The number of fused-ring (bicyclic) bond motifs is 2. The minimum absolute atomic E-state index is 0.128. The van der Waals surface area contributed by atoms with E-state index in [1.54, 1.807) is 0 Å². The molecule has 0 spiro atoms. The number of carbonyl (C=O) groups is 2. The normalized spacial score (nSPS) is 32.9. The second-order valence-corrected chi connectivity index (χ2v) is 5.36. The fourth-order valence-electron chi connectivity index (χ4n) is 3.11. The Hall–Kier alpha value is -1.42. The lowest BCUT2D eigenvalue weighted by Crippen LogP contribution is -2.52. The first-order valence-electron chi connectivity index (χ1n) is 6.80. The molecule has 0 aliphatic carbocycles. The van der Waals surface area contributed by atoms with Gasteiger partial charge in [0.1, 0.15) is 6.04 Å². The number of nitrogens with zero attached hydrogens (tertiary/aromatic N) is 2. The average Bonchev–Trinajstić information content (AvgIpc) is 3.03. The molecule has 0 saturated carbocycles. The standard InChI is InChI=1S/C11H18N4O5/c16-10(13-7-3-4-12-5-7)9-2-1-8-6-14(9)11(17)15(8)19-20-18/h7-9,12,18H,1-6H2,(H,13,16)/t7?,8-,9+/m1/s1. The Labute approximate surface area is 115 Å². The van der Waals surface area contributed by atoms with Gasteiger partial charge in [-0.2, -0.15) is 5.06 Å². The third-order valence-corrected chi connectivity index (χ3v) is 4.15. The molecule has 2 bridgehead atoms. The zero-order chi connectivity index (χ0) is 14.1. The van der Waals surface area contributed by atoms with Crippen molar-refractivity contribution in [1.82, 2.24) is 20.6 Å². The molecule has 0 radical (unpaired) electrons. The van der Waals surface area contributed by atoms with Crippen LogP contribution in [-0.2, 0) is 14.8 Å². The summed E-state index contributed by atoms with van der Waals surface area (Å²) in [6.07, 6.45) is 2.11. The van der Waals surface area contributed by atoms with Crippen molar-refractivity contribution in [3.8, 4) is 0 Å². The van der Waals surface area contributed by atoms with Gasteiger partial charge in [-0.25, -0.2) is 10.1 Å². The van der Waals surface area contributed by atoms with Gasteiger partial charge in [0.15, 0.2) is 0 Å². The summed E-state index contributed by atoms with van der Waals surface area (Å²) in [6.45, 7) is 2.07. The van der Waals surface area contributed by atoms with Gasteiger partial charge in [0, 0.05) is 19.1 Å². The minimum atomic E-state index is -0.480. The van der Waals surface area contributed by atoms with Gasteiger partial charge in [0.2, 0.25) is 5.91 Å². The summed E-state index contributed by atoms with van der Waals surface area (Å²) in [4.78, 5) is 30.3. The smallest absolute Gasteiger partial charge is 0.347 e. The van der Waals surface area contributed by atoms with Gasteiger partial charge in [0.25, 0.3) is 0 Å². The molecule has 20 heavy (non-hydrogen) atoms. The number of carbonyl (C=O) groups excluding carboxylic acids is 2. The fraction of sp³-hybridized carbons (Fsp3) is 0.818. The second-order valence-electron chi connectivity index (χ2n) is 5.36. The molecule has 1 unspecified atom stereocenters. The molecule has 3 atom stereocenters. The SMILES string of the molecule is O=C(NC1CCNC1)[C@@H]1CC[C@@H]2CN1C(=O)N2OOO. The zero-order valence-electron chi connectivity index (χ0n) is 10.9. The van der Waals surface area contributed by atoms with Crippen molar-refractivity contribution in [3.05, 3.63) is 0 Å². The molecule has 3 fully saturated rings. The Bertz CT molecular complexity index is 400. The topological polar surface area (TPSA) is 103 Å². The Morgan fingerprint density at radius 3 is 2.95 bits per heavy atom. The van der Waals surface area contributed by atoms with E-state index in [9.17, 15) is 9.59 Å². The highest BCUT2D eigenvalue weighted by Gasteiger charge is 2.48. The monoisotopic (exact) mass is 286 g/mol. The first kappa shape index (κ1) is 13.6. The van der Waals surface area contributed by atoms with Gasteiger partial charge in [-0.1, -0.05) is 4.99 Å². The average molecular weight is 286 g/mol. The summed E-state index contributed by atoms with van der Waals surface area (Å²) in [6, 6.07) is -0.990. The summed E-state index contributed by atoms with van der Waals surface area (Å²) in [5, 5.41) is 19.0. The molecule has 3 aliphatic rings. The molecule has 0 aromatic rings. The predicted molar refractivity (Wildman–Crippen MR) is 65.0 cm³/mol. The number of piperidine rings is 1. The molecule has 0 aromatic heterocycles. The molecule has 112 valence electrons. The Balaban J connectivity index is 1.63. The van der Waals surface area contributed by atoms with Crippen LogP contribution in [0.25, 0.3) is 0 Å². The highest BCUT2D eigenvalue weighted by atomic mass is 17.5. The quantitative estimate of drug-likeness (QED) is 0.456. The maximum Gasteiger partial charge on any atom is 0.347 e. The van der Waals surface area contributed by atoms with Gasteiger partial charge in [-0.15, -0.1) is 0 Å². The van der Waals surface area contributed by atoms with Crippen molar-refractivity contribution in [1.29, 1.82) is 0 Å². The van der Waals surface area contributed by atoms with Crippen LogP contribution in [0.5, 0.6) is 0 Å². The van der Waals surface area contributed by atoms with E-state index in [0.29, 0.717) is 19.4 Å². The van der Waals surface area contributed by atoms with Crippen LogP contribution in [0.3, 0.4) is 0 Å². The number of hydrogen-bond donors (Lipinski definition) is 3. The molecule has 3 N–H and O–H groups in total. The largest absolute Gasteiger partial charge is 0.350 e. The van der Waals surface area contributed by atoms with Crippen LogP contribution in [0, 0.1) is 0 Å². The van der Waals surface area contributed by atoms with E-state index in [-0.39, 0.29) is 18.0 Å². The molecule has 3 rings (SSSR count). The lowest BCUT2D eigenvalue weighted by molar-refractivity contribution is -0.556. The van der Waals surface area contributed by atoms with Crippen molar-refractivity contribution in [2.24, 2.45) is 0 Å². The first-order valence-corrected chi connectivity index (χ1v) is 6.80. The highest BCUT2D eigenvalue weighted by Crippen LogP contribution is 2.30. The third kappa shape index (κ3) is 2.33. The maximum absolute atomic E-state index is 12.3. The molecule has 3 heterocycles. The van der Waals surface area contributed by atoms with E-state index in [4.69, 9.17) is 5.26 Å². The number of urea groups is 1. The summed E-state index contributed by atoms with van der Waals surface area (Å²) in [5.41, 5.74) is 0. The molecular formula is C11H18N4O5. The molecule has 3 amide bonds. The van der Waals surface area contributed by atoms with Crippen LogP contribution in [-0.4, -0.2) is 64.9 Å². The van der Waals surface area contributed by atoms with Crippen molar-refractivity contribution in [3.63, 3.8) is 0 Å². The highest BCUT2D eigenvalue weighted by molar-refractivity contribution is 5.88. The van der Waals surface area contributed by atoms with Gasteiger partial charge >= 0.3 is 6.03 Å². The summed E-state index contributed by atoms with van der Waals surface area (Å²) < 4.78 is 0. The van der Waals surface area contributed by atoms with E-state index in [1.165, 1.54) is 4.90 Å². The van der Waals surface area contributed by atoms with Crippen LogP contribution in [0.2, 0.25) is 0 Å². The van der Waals surface area contributed by atoms with E-state index < -0.39 is 12.1 Å². The molecule has 9 heteroatoms. The van der Waals surface area contributed by atoms with Crippen LogP contribution in [0.4, 0.5) is 4.79 Å². The summed E-state index contributed by atoms with van der Waals surface area (Å²) >= 11 is 0. The number of nitrogens with one attached hydrogen (secondary N) is 2. The first-order chi connectivity index (χ1) is 9.70. The molecular weight excluding hydrogens is 268 g/mol. The van der Waals surface area contributed by atoms with Crippen LogP contribution < -0.4 is 10.6 Å². The number of hydrogen-bond acceptors (Lipinski definition) is 6. The summed E-state index contributed by atoms with van der Waals surface area (Å²) in [5.74, 6) is -0.128. The molecule has 0 aromatic carbocycles. The molecule has 3 saturated heterocycles. The van der Waals surface area contributed by atoms with E-state index >= 15 is 0 Å². The molecule has 9 nitrogen and oxygen atoms in total. The minimum Gasteiger partial charge on any atom is -0.350 e. The maximum atomic E-state index is 12.3. The number of hydroxylamine groups is 2. The Morgan fingerprint density at radius 2 is 2.25 bits per heavy atom. The Kier molecular flexibility index (Phi) is 3.74. The van der Waals surface area contributed by atoms with Gasteiger partial charge in [-0.3, -0.25) is 4.79 Å². The second kappa shape index (κ2) is 5.52. The van der Waals surface area contributed by atoms with Crippen LogP contribution in [0.1, 0.15) is 19.3 Å². The number of rotatable bonds is 4. The van der Waals surface area contributed by atoms with E-state index in [0.717, 1.165) is 24.6 Å². The van der Waals surface area contributed by atoms with E-state index in [2.05, 4.69) is 20.7 Å². The Morgan fingerprint density at radius 1 is 1.40 bits per heavy atom. The predicted octanol–water partition coefficient (Wildman–Crippen LogP) is -0.931. The van der Waals surface area contributed by atoms with E-state index in [1.807, 2.05) is 0 Å². The van der Waals surface area contributed by atoms with Crippen LogP contribution >= 0.6 is 0 Å². The van der Waals surface area contributed by atoms with Gasteiger partial charge < -0.3 is 15.5 Å².